The summed E-state index contributed by atoms with van der Waals surface area (Å²) in [6, 6.07) is 3.69. The van der Waals surface area contributed by atoms with E-state index in [1.807, 2.05) is 4.90 Å². The van der Waals surface area contributed by atoms with Crippen molar-refractivity contribution in [1.82, 2.24) is 9.88 Å². The Kier molecular flexibility index (Phi) is 7.53. The van der Waals surface area contributed by atoms with Crippen molar-refractivity contribution < 1.29 is 37.3 Å². The SMILES string of the molecule is C=CCO[C@@H]1CC[C@H]2[C@H]1OCCN2C(=O)c1cccnc1.O=C(O)C(F)(F)F. The van der Waals surface area contributed by atoms with Gasteiger partial charge < -0.3 is 19.5 Å². The summed E-state index contributed by atoms with van der Waals surface area (Å²) in [6.45, 7) is 5.38. The number of pyridine rings is 1. The molecular weight excluding hydrogens is 381 g/mol. The highest BCUT2D eigenvalue weighted by atomic mass is 19.4. The maximum absolute atomic E-state index is 12.6. The first-order chi connectivity index (χ1) is 13.3. The van der Waals surface area contributed by atoms with E-state index < -0.39 is 12.1 Å². The number of halogens is 3. The van der Waals surface area contributed by atoms with Crippen LogP contribution in [-0.4, -0.2) is 71.1 Å². The minimum absolute atomic E-state index is 0.0284. The predicted molar refractivity (Wildman–Crippen MR) is 91.7 cm³/mol. The number of carboxylic acids is 1. The van der Waals surface area contributed by atoms with Gasteiger partial charge in [0.25, 0.3) is 5.91 Å². The molecule has 0 aromatic carbocycles. The molecule has 28 heavy (non-hydrogen) atoms. The van der Waals surface area contributed by atoms with E-state index in [1.165, 1.54) is 0 Å². The third-order valence-electron chi connectivity index (χ3n) is 4.38. The molecule has 1 aliphatic carbocycles. The zero-order chi connectivity index (χ0) is 20.7. The second kappa shape index (κ2) is 9.65. The molecule has 0 spiro atoms. The van der Waals surface area contributed by atoms with Gasteiger partial charge in [0.1, 0.15) is 6.10 Å². The number of fused-ring (bicyclic) bond motifs is 1. The van der Waals surface area contributed by atoms with Crippen LogP contribution in [-0.2, 0) is 14.3 Å². The Bertz CT molecular complexity index is 684. The lowest BCUT2D eigenvalue weighted by molar-refractivity contribution is -0.192. The van der Waals surface area contributed by atoms with Gasteiger partial charge in [0.05, 0.1) is 30.9 Å². The summed E-state index contributed by atoms with van der Waals surface area (Å²) in [5.41, 5.74) is 0.633. The highest BCUT2D eigenvalue weighted by molar-refractivity contribution is 5.94. The number of aliphatic carboxylic acids is 1. The van der Waals surface area contributed by atoms with E-state index in [-0.39, 0.29) is 24.2 Å². The number of carbonyl (C=O) groups excluding carboxylic acids is 1. The molecule has 10 heteroatoms. The van der Waals surface area contributed by atoms with Crippen LogP contribution in [0.2, 0.25) is 0 Å². The van der Waals surface area contributed by atoms with Gasteiger partial charge in [-0.25, -0.2) is 4.79 Å². The second-order valence-electron chi connectivity index (χ2n) is 6.18. The molecular formula is C18H21F3N2O5. The van der Waals surface area contributed by atoms with Gasteiger partial charge in [-0.05, 0) is 25.0 Å². The fraction of sp³-hybridized carbons (Fsp3) is 0.500. The van der Waals surface area contributed by atoms with Gasteiger partial charge >= 0.3 is 12.1 Å². The van der Waals surface area contributed by atoms with Gasteiger partial charge in [-0.2, -0.15) is 13.2 Å². The Hall–Kier alpha value is -2.46. The molecule has 2 fully saturated rings. The Morgan fingerprint density at radius 2 is 2.14 bits per heavy atom. The van der Waals surface area contributed by atoms with Crippen molar-refractivity contribution in [1.29, 1.82) is 0 Å². The number of ether oxygens (including phenoxy) is 2. The van der Waals surface area contributed by atoms with Crippen molar-refractivity contribution in [2.24, 2.45) is 0 Å². The van der Waals surface area contributed by atoms with E-state index in [0.717, 1.165) is 12.8 Å². The Balaban J connectivity index is 0.000000345. The molecule has 3 atom stereocenters. The number of alkyl halides is 3. The summed E-state index contributed by atoms with van der Waals surface area (Å²) in [4.78, 5) is 27.5. The van der Waals surface area contributed by atoms with Gasteiger partial charge in [0.15, 0.2) is 0 Å². The van der Waals surface area contributed by atoms with Gasteiger partial charge in [0, 0.05) is 18.9 Å². The minimum Gasteiger partial charge on any atom is -0.475 e. The standard InChI is InChI=1S/C16H20N2O3.C2HF3O2/c1-2-9-20-14-6-5-13-15(14)21-10-8-18(13)16(19)12-4-3-7-17-11-12;3-2(4,5)1(6)7/h2-4,7,11,13-15H,1,5-6,8-10H2;(H,6,7)/t13-,14+,15+;/m0./s1. The molecule has 1 aromatic heterocycles. The van der Waals surface area contributed by atoms with Crippen LogP contribution in [0.15, 0.2) is 37.2 Å². The lowest BCUT2D eigenvalue weighted by Crippen LogP contribution is -2.53. The van der Waals surface area contributed by atoms with E-state index >= 15 is 0 Å². The number of amides is 1. The smallest absolute Gasteiger partial charge is 0.475 e. The van der Waals surface area contributed by atoms with E-state index in [9.17, 15) is 18.0 Å². The first kappa shape index (κ1) is 21.8. The molecule has 0 radical (unpaired) electrons. The van der Waals surface area contributed by atoms with Crippen molar-refractivity contribution in [3.63, 3.8) is 0 Å². The molecule has 1 saturated heterocycles. The van der Waals surface area contributed by atoms with Crippen molar-refractivity contribution in [2.75, 3.05) is 19.8 Å². The summed E-state index contributed by atoms with van der Waals surface area (Å²) >= 11 is 0. The summed E-state index contributed by atoms with van der Waals surface area (Å²) in [7, 11) is 0. The zero-order valence-electron chi connectivity index (χ0n) is 15.0. The molecule has 2 aliphatic rings. The monoisotopic (exact) mass is 402 g/mol. The number of nitrogens with zero attached hydrogens (tertiary/aromatic N) is 2. The largest absolute Gasteiger partial charge is 0.490 e. The average Bonchev–Trinajstić information content (AvgIpc) is 3.09. The lowest BCUT2D eigenvalue weighted by Gasteiger charge is -2.39. The van der Waals surface area contributed by atoms with Gasteiger partial charge in [0.2, 0.25) is 0 Å². The maximum atomic E-state index is 12.6. The average molecular weight is 402 g/mol. The van der Waals surface area contributed by atoms with Crippen LogP contribution in [0.4, 0.5) is 13.2 Å². The quantitative estimate of drug-likeness (QED) is 0.778. The predicted octanol–water partition coefficient (Wildman–Crippen LogP) is 2.29. The Morgan fingerprint density at radius 3 is 2.71 bits per heavy atom. The molecule has 7 nitrogen and oxygen atoms in total. The van der Waals surface area contributed by atoms with Crippen LogP contribution in [0.1, 0.15) is 23.2 Å². The first-order valence-electron chi connectivity index (χ1n) is 8.61. The number of hydrogen-bond donors (Lipinski definition) is 1. The van der Waals surface area contributed by atoms with Crippen LogP contribution in [0.3, 0.4) is 0 Å². The van der Waals surface area contributed by atoms with Crippen molar-refractivity contribution >= 4 is 11.9 Å². The summed E-state index contributed by atoms with van der Waals surface area (Å²) < 4.78 is 43.4. The van der Waals surface area contributed by atoms with E-state index in [4.69, 9.17) is 19.4 Å². The van der Waals surface area contributed by atoms with E-state index in [1.54, 1.807) is 30.6 Å². The van der Waals surface area contributed by atoms with Crippen LogP contribution < -0.4 is 0 Å². The van der Waals surface area contributed by atoms with Crippen LogP contribution >= 0.6 is 0 Å². The molecule has 1 aliphatic heterocycles. The molecule has 154 valence electrons. The molecule has 1 aromatic rings. The molecule has 0 unspecified atom stereocenters. The Morgan fingerprint density at radius 1 is 1.43 bits per heavy atom. The van der Waals surface area contributed by atoms with E-state index in [2.05, 4.69) is 11.6 Å². The number of rotatable bonds is 4. The Labute approximate surface area is 159 Å². The topological polar surface area (TPSA) is 89.0 Å². The fourth-order valence-electron chi connectivity index (χ4n) is 3.19. The second-order valence-corrected chi connectivity index (χ2v) is 6.18. The summed E-state index contributed by atoms with van der Waals surface area (Å²) in [5.74, 6) is -2.72. The first-order valence-corrected chi connectivity index (χ1v) is 8.61. The summed E-state index contributed by atoms with van der Waals surface area (Å²) in [6.07, 6.45) is 1.81. The van der Waals surface area contributed by atoms with Crippen LogP contribution in [0.5, 0.6) is 0 Å². The molecule has 3 rings (SSSR count). The van der Waals surface area contributed by atoms with Gasteiger partial charge in [-0.3, -0.25) is 9.78 Å². The lowest BCUT2D eigenvalue weighted by atomic mass is 10.1. The van der Waals surface area contributed by atoms with Gasteiger partial charge in [-0.15, -0.1) is 6.58 Å². The third kappa shape index (κ3) is 5.52. The summed E-state index contributed by atoms with van der Waals surface area (Å²) in [5, 5.41) is 7.12. The zero-order valence-corrected chi connectivity index (χ0v) is 15.0. The maximum Gasteiger partial charge on any atom is 0.490 e. The number of morpholine rings is 1. The van der Waals surface area contributed by atoms with Gasteiger partial charge in [-0.1, -0.05) is 6.08 Å². The third-order valence-corrected chi connectivity index (χ3v) is 4.38. The van der Waals surface area contributed by atoms with E-state index in [0.29, 0.717) is 25.3 Å². The molecule has 1 N–H and O–H groups in total. The normalized spacial score (nSPS) is 24.0. The molecule has 1 saturated carbocycles. The highest BCUT2D eigenvalue weighted by Crippen LogP contribution is 2.32. The molecule has 1 amide bonds. The molecule has 0 bridgehead atoms. The minimum atomic E-state index is -5.08. The van der Waals surface area contributed by atoms with Crippen LogP contribution in [0, 0.1) is 0 Å². The number of hydrogen-bond acceptors (Lipinski definition) is 5. The van der Waals surface area contributed by atoms with Crippen LogP contribution in [0.25, 0.3) is 0 Å². The number of carboxylic acid groups (broad SMARTS) is 1. The molecule has 2 heterocycles. The van der Waals surface area contributed by atoms with Crippen molar-refractivity contribution in [2.45, 2.75) is 37.3 Å². The number of carbonyl (C=O) groups is 2. The van der Waals surface area contributed by atoms with Crippen molar-refractivity contribution in [3.8, 4) is 0 Å². The fourth-order valence-corrected chi connectivity index (χ4v) is 3.19. The van der Waals surface area contributed by atoms with Crippen molar-refractivity contribution in [3.05, 3.63) is 42.7 Å². The highest BCUT2D eigenvalue weighted by Gasteiger charge is 2.45. The number of aromatic nitrogens is 1.